The molecule has 20 heavy (non-hydrogen) atoms. The smallest absolute Gasteiger partial charge is 0.310 e. The lowest BCUT2D eigenvalue weighted by atomic mass is 9.72. The van der Waals surface area contributed by atoms with Gasteiger partial charge in [0.15, 0.2) is 0 Å². The number of carboxylic acid groups (broad SMARTS) is 1. The predicted octanol–water partition coefficient (Wildman–Crippen LogP) is 3.16. The Morgan fingerprint density at radius 2 is 1.75 bits per heavy atom. The third kappa shape index (κ3) is 3.59. The third-order valence-electron chi connectivity index (χ3n) is 3.99. The van der Waals surface area contributed by atoms with Gasteiger partial charge in [0, 0.05) is 0 Å². The van der Waals surface area contributed by atoms with Crippen LogP contribution in [0.2, 0.25) is 0 Å². The molecule has 4 heteroatoms. The second kappa shape index (κ2) is 6.55. The van der Waals surface area contributed by atoms with E-state index in [-0.39, 0.29) is 13.0 Å². The first-order valence-corrected chi connectivity index (χ1v) is 7.05. The van der Waals surface area contributed by atoms with Gasteiger partial charge in [-0.2, -0.15) is 0 Å². The molecule has 2 rings (SSSR count). The highest BCUT2D eigenvalue weighted by Gasteiger charge is 2.41. The number of hydrogen-bond donors (Lipinski definition) is 1. The summed E-state index contributed by atoms with van der Waals surface area (Å²) in [6.45, 7) is 0.204. The average Bonchev–Trinajstić information content (AvgIpc) is 2.47. The number of carbonyl (C=O) groups is 2. The van der Waals surface area contributed by atoms with Crippen molar-refractivity contribution in [3.8, 4) is 0 Å². The summed E-state index contributed by atoms with van der Waals surface area (Å²) in [5, 5.41) is 9.42. The maximum absolute atomic E-state index is 11.9. The summed E-state index contributed by atoms with van der Waals surface area (Å²) in [6.07, 6.45) is 3.92. The van der Waals surface area contributed by atoms with Crippen LogP contribution in [-0.2, 0) is 20.9 Å². The van der Waals surface area contributed by atoms with E-state index in [0.29, 0.717) is 12.8 Å². The lowest BCUT2D eigenvalue weighted by Crippen LogP contribution is -2.36. The molecule has 4 nitrogen and oxygen atoms in total. The molecule has 0 aromatic heterocycles. The van der Waals surface area contributed by atoms with Gasteiger partial charge in [-0.1, -0.05) is 49.6 Å². The number of carbonyl (C=O) groups excluding carboxylic acids is 1. The van der Waals surface area contributed by atoms with Crippen LogP contribution in [0.4, 0.5) is 0 Å². The highest BCUT2D eigenvalue weighted by Crippen LogP contribution is 2.39. The Kier molecular flexibility index (Phi) is 4.77. The summed E-state index contributed by atoms with van der Waals surface area (Å²) >= 11 is 0. The van der Waals surface area contributed by atoms with E-state index in [0.717, 1.165) is 24.8 Å². The van der Waals surface area contributed by atoms with Gasteiger partial charge in [0.2, 0.25) is 0 Å². The molecule has 1 N–H and O–H groups in total. The van der Waals surface area contributed by atoms with Crippen LogP contribution >= 0.6 is 0 Å². The molecule has 0 radical (unpaired) electrons. The number of ether oxygens (including phenoxy) is 1. The fourth-order valence-corrected chi connectivity index (χ4v) is 2.76. The SMILES string of the molecule is O=C(CC1(C(=O)O)CCCCC1)OCc1ccccc1. The van der Waals surface area contributed by atoms with Crippen LogP contribution in [0.3, 0.4) is 0 Å². The quantitative estimate of drug-likeness (QED) is 0.839. The first-order chi connectivity index (χ1) is 9.62. The Morgan fingerprint density at radius 3 is 2.35 bits per heavy atom. The zero-order valence-corrected chi connectivity index (χ0v) is 11.5. The van der Waals surface area contributed by atoms with Gasteiger partial charge in [-0.15, -0.1) is 0 Å². The van der Waals surface area contributed by atoms with Crippen molar-refractivity contribution in [2.24, 2.45) is 5.41 Å². The number of hydrogen-bond acceptors (Lipinski definition) is 3. The second-order valence-corrected chi connectivity index (χ2v) is 5.47. The predicted molar refractivity (Wildman–Crippen MR) is 74.0 cm³/mol. The molecule has 0 amide bonds. The Bertz CT molecular complexity index is 461. The molecule has 0 heterocycles. The first-order valence-electron chi connectivity index (χ1n) is 7.05. The van der Waals surface area contributed by atoms with Gasteiger partial charge in [-0.25, -0.2) is 0 Å². The minimum atomic E-state index is -0.911. The maximum atomic E-state index is 11.9. The zero-order valence-electron chi connectivity index (χ0n) is 11.5. The molecule has 0 atom stereocenters. The third-order valence-corrected chi connectivity index (χ3v) is 3.99. The summed E-state index contributed by atoms with van der Waals surface area (Å²) in [6, 6.07) is 9.40. The molecular formula is C16H20O4. The van der Waals surface area contributed by atoms with Gasteiger partial charge in [0.1, 0.15) is 6.61 Å². The van der Waals surface area contributed by atoms with Crippen LogP contribution in [-0.4, -0.2) is 17.0 Å². The van der Waals surface area contributed by atoms with Gasteiger partial charge in [-0.3, -0.25) is 9.59 Å². The standard InChI is InChI=1S/C16H20O4/c17-14(20-12-13-7-3-1-4-8-13)11-16(15(18)19)9-5-2-6-10-16/h1,3-4,7-8H,2,5-6,9-12H2,(H,18,19). The molecule has 0 spiro atoms. The normalized spacial score (nSPS) is 17.4. The van der Waals surface area contributed by atoms with Crippen LogP contribution in [0, 0.1) is 5.41 Å². The topological polar surface area (TPSA) is 63.6 Å². The van der Waals surface area contributed by atoms with Crippen LogP contribution < -0.4 is 0 Å². The maximum Gasteiger partial charge on any atom is 0.310 e. The second-order valence-electron chi connectivity index (χ2n) is 5.47. The lowest BCUT2D eigenvalue weighted by molar-refractivity contribution is -0.161. The Hall–Kier alpha value is -1.84. The van der Waals surface area contributed by atoms with Gasteiger partial charge in [-0.05, 0) is 18.4 Å². The van der Waals surface area contributed by atoms with Gasteiger partial charge in [0.05, 0.1) is 11.8 Å². The van der Waals surface area contributed by atoms with E-state index in [4.69, 9.17) is 4.74 Å². The molecule has 0 unspecified atom stereocenters. The largest absolute Gasteiger partial charge is 0.481 e. The fraction of sp³-hybridized carbons (Fsp3) is 0.500. The van der Waals surface area contributed by atoms with E-state index in [2.05, 4.69) is 0 Å². The minimum absolute atomic E-state index is 0.0187. The van der Waals surface area contributed by atoms with Crippen molar-refractivity contribution < 1.29 is 19.4 Å². The molecule has 1 aromatic carbocycles. The number of rotatable bonds is 5. The minimum Gasteiger partial charge on any atom is -0.481 e. The molecule has 1 aliphatic carbocycles. The molecule has 0 aliphatic heterocycles. The molecule has 108 valence electrons. The van der Waals surface area contributed by atoms with E-state index in [1.165, 1.54) is 0 Å². The van der Waals surface area contributed by atoms with Crippen molar-refractivity contribution in [3.63, 3.8) is 0 Å². The number of esters is 1. The molecule has 0 bridgehead atoms. The van der Waals surface area contributed by atoms with E-state index < -0.39 is 17.4 Å². The highest BCUT2D eigenvalue weighted by molar-refractivity contribution is 5.82. The highest BCUT2D eigenvalue weighted by atomic mass is 16.5. The first kappa shape index (κ1) is 14.6. The van der Waals surface area contributed by atoms with Crippen molar-refractivity contribution in [2.45, 2.75) is 45.1 Å². The van der Waals surface area contributed by atoms with E-state index in [1.807, 2.05) is 30.3 Å². The summed E-state index contributed by atoms with van der Waals surface area (Å²) < 4.78 is 5.20. The molecule has 1 aromatic rings. The monoisotopic (exact) mass is 276 g/mol. The zero-order chi connectivity index (χ0) is 14.4. The number of aliphatic carboxylic acids is 1. The van der Waals surface area contributed by atoms with Gasteiger partial charge >= 0.3 is 11.9 Å². The van der Waals surface area contributed by atoms with Crippen LogP contribution in [0.15, 0.2) is 30.3 Å². The van der Waals surface area contributed by atoms with Crippen molar-refractivity contribution in [1.29, 1.82) is 0 Å². The molecule has 1 aliphatic rings. The van der Waals surface area contributed by atoms with Crippen molar-refractivity contribution >= 4 is 11.9 Å². The van der Waals surface area contributed by atoms with Gasteiger partial charge < -0.3 is 9.84 Å². The van der Waals surface area contributed by atoms with E-state index >= 15 is 0 Å². The van der Waals surface area contributed by atoms with Gasteiger partial charge in [0.25, 0.3) is 0 Å². The molecule has 1 saturated carbocycles. The number of carboxylic acids is 1. The van der Waals surface area contributed by atoms with Crippen molar-refractivity contribution in [3.05, 3.63) is 35.9 Å². The fourth-order valence-electron chi connectivity index (χ4n) is 2.76. The summed E-state index contributed by atoms with van der Waals surface area (Å²) in [5.74, 6) is -1.29. The summed E-state index contributed by atoms with van der Waals surface area (Å²) in [7, 11) is 0. The van der Waals surface area contributed by atoms with Crippen LogP contribution in [0.1, 0.15) is 44.1 Å². The molecule has 1 fully saturated rings. The lowest BCUT2D eigenvalue weighted by Gasteiger charge is -2.32. The molecule has 0 saturated heterocycles. The van der Waals surface area contributed by atoms with Crippen molar-refractivity contribution in [2.75, 3.05) is 0 Å². The summed E-state index contributed by atoms with van der Waals surface area (Å²) in [5.41, 5.74) is 0.000297. The summed E-state index contributed by atoms with van der Waals surface area (Å²) in [4.78, 5) is 23.4. The Morgan fingerprint density at radius 1 is 1.10 bits per heavy atom. The van der Waals surface area contributed by atoms with E-state index in [9.17, 15) is 14.7 Å². The van der Waals surface area contributed by atoms with Crippen LogP contribution in [0.5, 0.6) is 0 Å². The Balaban J connectivity index is 1.90. The van der Waals surface area contributed by atoms with E-state index in [1.54, 1.807) is 0 Å². The molecular weight excluding hydrogens is 256 g/mol. The van der Waals surface area contributed by atoms with Crippen LogP contribution in [0.25, 0.3) is 0 Å². The average molecular weight is 276 g/mol. The van der Waals surface area contributed by atoms with Crippen molar-refractivity contribution in [1.82, 2.24) is 0 Å². The number of benzene rings is 1. The Labute approximate surface area is 118 Å².